The molecule has 2 aliphatic rings. The van der Waals surface area contributed by atoms with E-state index in [1.807, 2.05) is 61.5 Å². The molecule has 2 saturated heterocycles. The Hall–Kier alpha value is -3.01. The molecule has 7 nitrogen and oxygen atoms in total. The molecule has 0 spiro atoms. The van der Waals surface area contributed by atoms with Gasteiger partial charge in [0.25, 0.3) is 0 Å². The summed E-state index contributed by atoms with van der Waals surface area (Å²) in [4.78, 5) is 28.0. The highest BCUT2D eigenvalue weighted by Crippen LogP contribution is 2.43. The maximum absolute atomic E-state index is 13.9. The van der Waals surface area contributed by atoms with Gasteiger partial charge in [-0.05, 0) is 48.7 Å². The lowest BCUT2D eigenvalue weighted by molar-refractivity contribution is -0.134. The van der Waals surface area contributed by atoms with E-state index in [-0.39, 0.29) is 18.0 Å². The fraction of sp³-hybridized carbons (Fsp3) is 0.259. The molecule has 0 unspecified atom stereocenters. The summed E-state index contributed by atoms with van der Waals surface area (Å²) in [5, 5.41) is 0. The molecule has 36 heavy (non-hydrogen) atoms. The van der Waals surface area contributed by atoms with Crippen LogP contribution in [-0.2, 0) is 19.6 Å². The minimum absolute atomic E-state index is 0.0669. The maximum atomic E-state index is 13.9. The minimum atomic E-state index is -3.91. The Kier molecular flexibility index (Phi) is 6.72. The number of hydrogen-bond donors (Lipinski definition) is 0. The molecule has 0 aliphatic carbocycles. The average Bonchev–Trinajstić information content (AvgIpc) is 3.50. The van der Waals surface area contributed by atoms with Gasteiger partial charge in [-0.1, -0.05) is 76.1 Å². The lowest BCUT2D eigenvalue weighted by Gasteiger charge is -2.30. The van der Waals surface area contributed by atoms with E-state index in [0.717, 1.165) is 20.5 Å². The third-order valence-corrected chi connectivity index (χ3v) is 9.23. The van der Waals surface area contributed by atoms with Crippen LogP contribution in [0.1, 0.15) is 35.2 Å². The Morgan fingerprint density at radius 1 is 0.944 bits per heavy atom. The van der Waals surface area contributed by atoms with Crippen LogP contribution in [0.4, 0.5) is 4.79 Å². The smallest absolute Gasteiger partial charge is 0.417 e. The highest BCUT2D eigenvalue weighted by Gasteiger charge is 2.50. The molecule has 2 aliphatic heterocycles. The number of halogens is 1. The van der Waals surface area contributed by atoms with Crippen molar-refractivity contribution in [3.8, 4) is 0 Å². The van der Waals surface area contributed by atoms with Gasteiger partial charge in [-0.2, -0.15) is 4.31 Å². The molecule has 5 rings (SSSR count). The summed E-state index contributed by atoms with van der Waals surface area (Å²) in [6.45, 7) is 2.17. The van der Waals surface area contributed by atoms with Crippen LogP contribution in [0.25, 0.3) is 0 Å². The highest BCUT2D eigenvalue weighted by molar-refractivity contribution is 9.10. The van der Waals surface area contributed by atoms with E-state index < -0.39 is 40.0 Å². The van der Waals surface area contributed by atoms with E-state index in [0.29, 0.717) is 12.0 Å². The van der Waals surface area contributed by atoms with Gasteiger partial charge in [-0.25, -0.2) is 18.1 Å². The fourth-order valence-electron chi connectivity index (χ4n) is 4.96. The number of aryl methyl sites for hydroxylation is 1. The largest absolute Gasteiger partial charge is 0.446 e. The number of rotatable bonds is 5. The molecular weight excluding hydrogens is 544 g/mol. The number of cyclic esters (lactones) is 1. The zero-order valence-corrected chi connectivity index (χ0v) is 22.0. The van der Waals surface area contributed by atoms with Crippen molar-refractivity contribution in [2.45, 2.75) is 30.3 Å². The minimum Gasteiger partial charge on any atom is -0.446 e. The first-order valence-corrected chi connectivity index (χ1v) is 13.9. The van der Waals surface area contributed by atoms with Crippen molar-refractivity contribution >= 4 is 38.0 Å². The predicted octanol–water partition coefficient (Wildman–Crippen LogP) is 5.23. The molecule has 0 bridgehead atoms. The Labute approximate surface area is 218 Å². The van der Waals surface area contributed by atoms with Crippen molar-refractivity contribution in [1.29, 1.82) is 0 Å². The Balaban J connectivity index is 1.54. The first-order valence-electron chi connectivity index (χ1n) is 11.7. The number of ether oxygens (including phenoxy) is 1. The van der Waals surface area contributed by atoms with Crippen LogP contribution in [0.5, 0.6) is 0 Å². The lowest BCUT2D eigenvalue weighted by Crippen LogP contribution is -2.41. The number of hydrogen-bond acceptors (Lipinski definition) is 5. The van der Waals surface area contributed by atoms with Crippen molar-refractivity contribution in [3.63, 3.8) is 0 Å². The first kappa shape index (κ1) is 24.7. The molecule has 0 saturated carbocycles. The molecular formula is C27H25BrN2O5S. The van der Waals surface area contributed by atoms with Gasteiger partial charge in [-0.3, -0.25) is 4.79 Å². The number of amides is 2. The summed E-state index contributed by atoms with van der Waals surface area (Å²) < 4.78 is 34.9. The molecule has 3 aromatic rings. The van der Waals surface area contributed by atoms with E-state index in [9.17, 15) is 18.0 Å². The van der Waals surface area contributed by atoms with E-state index in [2.05, 4.69) is 15.9 Å². The van der Waals surface area contributed by atoms with Crippen LogP contribution in [0.3, 0.4) is 0 Å². The highest BCUT2D eigenvalue weighted by atomic mass is 79.9. The fourth-order valence-corrected chi connectivity index (χ4v) is 6.89. The third-order valence-electron chi connectivity index (χ3n) is 6.80. The number of nitrogens with zero attached hydrogens (tertiary/aromatic N) is 2. The van der Waals surface area contributed by atoms with Crippen molar-refractivity contribution in [2.75, 3.05) is 13.2 Å². The van der Waals surface area contributed by atoms with Crippen LogP contribution in [-0.4, -0.2) is 42.8 Å². The van der Waals surface area contributed by atoms with Gasteiger partial charge in [0, 0.05) is 11.0 Å². The Bertz CT molecular complexity index is 1380. The molecule has 3 atom stereocenters. The van der Waals surface area contributed by atoms with Gasteiger partial charge in [0.2, 0.25) is 15.9 Å². The van der Waals surface area contributed by atoms with Crippen LogP contribution < -0.4 is 0 Å². The van der Waals surface area contributed by atoms with Crippen molar-refractivity contribution in [1.82, 2.24) is 9.21 Å². The second-order valence-electron chi connectivity index (χ2n) is 9.03. The number of carbonyl (C=O) groups excluding carboxylic acids is 2. The second kappa shape index (κ2) is 9.80. The number of benzene rings is 3. The van der Waals surface area contributed by atoms with Crippen molar-refractivity contribution in [3.05, 3.63) is 100 Å². The molecule has 2 heterocycles. The van der Waals surface area contributed by atoms with Gasteiger partial charge in [0.15, 0.2) is 0 Å². The SMILES string of the molecule is Cc1ccc([C@@H]2[C@H](C(=O)N3C(=O)OC[C@@H]3c3ccccc3)CCN2S(=O)(=O)c2ccc(Br)cc2)cc1. The molecule has 9 heteroatoms. The second-order valence-corrected chi connectivity index (χ2v) is 11.8. The Morgan fingerprint density at radius 3 is 2.28 bits per heavy atom. The molecule has 3 aromatic carbocycles. The predicted molar refractivity (Wildman–Crippen MR) is 137 cm³/mol. The zero-order valence-electron chi connectivity index (χ0n) is 19.6. The van der Waals surface area contributed by atoms with E-state index in [4.69, 9.17) is 4.74 Å². The normalized spacial score (nSPS) is 22.6. The number of imide groups is 1. The van der Waals surface area contributed by atoms with Gasteiger partial charge < -0.3 is 4.74 Å². The molecule has 0 N–H and O–H groups in total. The van der Waals surface area contributed by atoms with E-state index in [1.165, 1.54) is 4.31 Å². The van der Waals surface area contributed by atoms with Gasteiger partial charge in [0.05, 0.1) is 16.9 Å². The molecule has 186 valence electrons. The quantitative estimate of drug-likeness (QED) is 0.420. The summed E-state index contributed by atoms with van der Waals surface area (Å²) in [6, 6.07) is 21.9. The van der Waals surface area contributed by atoms with Crippen LogP contribution in [0.2, 0.25) is 0 Å². The van der Waals surface area contributed by atoms with Gasteiger partial charge in [0.1, 0.15) is 12.6 Å². The summed E-state index contributed by atoms with van der Waals surface area (Å²) in [5.74, 6) is -1.17. The third kappa shape index (κ3) is 4.47. The summed E-state index contributed by atoms with van der Waals surface area (Å²) in [6.07, 6.45) is -0.413. The van der Waals surface area contributed by atoms with Crippen LogP contribution in [0, 0.1) is 12.8 Å². The van der Waals surface area contributed by atoms with Crippen LogP contribution in [0.15, 0.2) is 88.2 Å². The molecule has 2 fully saturated rings. The van der Waals surface area contributed by atoms with Gasteiger partial charge in [-0.15, -0.1) is 0 Å². The average molecular weight is 569 g/mol. The summed E-state index contributed by atoms with van der Waals surface area (Å²) in [7, 11) is -3.91. The standard InChI is InChI=1S/C27H25BrN2O5S/c1-18-7-9-20(10-8-18)25-23(15-16-29(25)36(33,34)22-13-11-21(28)12-14-22)26(31)30-24(17-35-27(30)32)19-5-3-2-4-6-19/h2-14,23-25H,15-17H2,1H3/t23-,24-,25-/m1/s1. The molecule has 0 radical (unpaired) electrons. The van der Waals surface area contributed by atoms with Crippen molar-refractivity contribution in [2.24, 2.45) is 5.92 Å². The topological polar surface area (TPSA) is 84.0 Å². The first-order chi connectivity index (χ1) is 17.3. The van der Waals surface area contributed by atoms with E-state index in [1.54, 1.807) is 24.3 Å². The molecule has 2 amide bonds. The zero-order chi connectivity index (χ0) is 25.4. The number of sulfonamides is 1. The molecule has 0 aromatic heterocycles. The van der Waals surface area contributed by atoms with Crippen molar-refractivity contribution < 1.29 is 22.7 Å². The van der Waals surface area contributed by atoms with Crippen LogP contribution >= 0.6 is 15.9 Å². The Morgan fingerprint density at radius 2 is 1.61 bits per heavy atom. The maximum Gasteiger partial charge on any atom is 0.417 e. The summed E-state index contributed by atoms with van der Waals surface area (Å²) >= 11 is 3.35. The lowest BCUT2D eigenvalue weighted by atomic mass is 9.91. The monoisotopic (exact) mass is 568 g/mol. The summed E-state index contributed by atoms with van der Waals surface area (Å²) in [5.41, 5.74) is 2.52. The number of carbonyl (C=O) groups is 2. The van der Waals surface area contributed by atoms with E-state index >= 15 is 0 Å². The van der Waals surface area contributed by atoms with Gasteiger partial charge >= 0.3 is 6.09 Å².